The third-order valence-electron chi connectivity index (χ3n) is 2.21. The van der Waals surface area contributed by atoms with E-state index in [2.05, 4.69) is 5.32 Å². The van der Waals surface area contributed by atoms with Gasteiger partial charge in [-0.1, -0.05) is 13.8 Å². The second-order valence-electron chi connectivity index (χ2n) is 4.08. The average Bonchev–Trinajstić information content (AvgIpc) is 2.12. The third-order valence-corrected chi connectivity index (χ3v) is 2.21. The predicted octanol–water partition coefficient (Wildman–Crippen LogP) is -0.436. The SMILES string of the molecule is CNCC(=O)N(C)C(CC(C)C)C(N)=O. The van der Waals surface area contributed by atoms with E-state index in [0.717, 1.165) is 0 Å². The van der Waals surface area contributed by atoms with Crippen LogP contribution < -0.4 is 11.1 Å². The number of nitrogens with one attached hydrogen (secondary N) is 1. The lowest BCUT2D eigenvalue weighted by Crippen LogP contribution is -2.48. The first-order valence-electron chi connectivity index (χ1n) is 5.09. The number of nitrogens with zero attached hydrogens (tertiary/aromatic N) is 1. The Morgan fingerprint density at radius 3 is 2.27 bits per heavy atom. The second kappa shape index (κ2) is 6.40. The molecule has 1 atom stereocenters. The summed E-state index contributed by atoms with van der Waals surface area (Å²) in [4.78, 5) is 24.1. The van der Waals surface area contributed by atoms with Gasteiger partial charge in [-0.3, -0.25) is 9.59 Å². The molecular formula is C10H21N3O2. The van der Waals surface area contributed by atoms with E-state index < -0.39 is 11.9 Å². The van der Waals surface area contributed by atoms with E-state index in [1.54, 1.807) is 14.1 Å². The Hall–Kier alpha value is -1.10. The Balaban J connectivity index is 4.47. The van der Waals surface area contributed by atoms with E-state index in [-0.39, 0.29) is 12.5 Å². The van der Waals surface area contributed by atoms with Crippen LogP contribution in [0.25, 0.3) is 0 Å². The molecule has 15 heavy (non-hydrogen) atoms. The number of likely N-dealkylation sites (N-methyl/N-ethyl adjacent to an activating group) is 2. The molecule has 88 valence electrons. The lowest BCUT2D eigenvalue weighted by Gasteiger charge is -2.26. The summed E-state index contributed by atoms with van der Waals surface area (Å²) in [5.74, 6) is -0.245. The minimum Gasteiger partial charge on any atom is -0.368 e. The molecular weight excluding hydrogens is 194 g/mol. The van der Waals surface area contributed by atoms with Gasteiger partial charge in [0.25, 0.3) is 0 Å². The van der Waals surface area contributed by atoms with E-state index in [0.29, 0.717) is 12.3 Å². The highest BCUT2D eigenvalue weighted by Gasteiger charge is 2.24. The molecule has 2 amide bonds. The summed E-state index contributed by atoms with van der Waals surface area (Å²) in [6, 6.07) is -0.508. The van der Waals surface area contributed by atoms with E-state index in [1.165, 1.54) is 4.90 Å². The van der Waals surface area contributed by atoms with Crippen LogP contribution in [0.5, 0.6) is 0 Å². The van der Waals surface area contributed by atoms with Gasteiger partial charge in [0, 0.05) is 7.05 Å². The maximum Gasteiger partial charge on any atom is 0.240 e. The number of rotatable bonds is 6. The Morgan fingerprint density at radius 2 is 1.93 bits per heavy atom. The smallest absolute Gasteiger partial charge is 0.240 e. The number of hydrogen-bond donors (Lipinski definition) is 2. The highest BCUT2D eigenvalue weighted by atomic mass is 16.2. The summed E-state index contributed by atoms with van der Waals surface area (Å²) in [5.41, 5.74) is 5.27. The molecule has 0 aromatic heterocycles. The van der Waals surface area contributed by atoms with Crippen LogP contribution in [-0.2, 0) is 9.59 Å². The zero-order valence-corrected chi connectivity index (χ0v) is 9.91. The topological polar surface area (TPSA) is 75.4 Å². The number of amides is 2. The lowest BCUT2D eigenvalue weighted by atomic mass is 10.0. The van der Waals surface area contributed by atoms with Crippen LogP contribution in [0, 0.1) is 5.92 Å². The first-order valence-corrected chi connectivity index (χ1v) is 5.09. The van der Waals surface area contributed by atoms with Crippen LogP contribution in [0.2, 0.25) is 0 Å². The summed E-state index contributed by atoms with van der Waals surface area (Å²) < 4.78 is 0. The third kappa shape index (κ3) is 4.78. The molecule has 0 saturated carbocycles. The molecule has 0 fully saturated rings. The predicted molar refractivity (Wildman–Crippen MR) is 59.1 cm³/mol. The summed E-state index contributed by atoms with van der Waals surface area (Å²) in [6.45, 7) is 4.21. The van der Waals surface area contributed by atoms with Crippen LogP contribution >= 0.6 is 0 Å². The number of hydrogen-bond acceptors (Lipinski definition) is 3. The van der Waals surface area contributed by atoms with Gasteiger partial charge in [0.05, 0.1) is 6.54 Å². The minimum absolute atomic E-state index is 0.123. The summed E-state index contributed by atoms with van der Waals surface area (Å²) in [7, 11) is 3.30. The molecule has 0 aliphatic heterocycles. The van der Waals surface area contributed by atoms with Crippen molar-refractivity contribution in [1.29, 1.82) is 0 Å². The maximum absolute atomic E-state index is 11.5. The van der Waals surface area contributed by atoms with Crippen molar-refractivity contribution in [2.75, 3.05) is 20.6 Å². The fourth-order valence-electron chi connectivity index (χ4n) is 1.36. The fraction of sp³-hybridized carbons (Fsp3) is 0.800. The van der Waals surface area contributed by atoms with Gasteiger partial charge < -0.3 is 16.0 Å². The van der Waals surface area contributed by atoms with Crippen molar-refractivity contribution >= 4 is 11.8 Å². The van der Waals surface area contributed by atoms with Crippen LogP contribution in [-0.4, -0.2) is 43.4 Å². The molecule has 0 bridgehead atoms. The van der Waals surface area contributed by atoms with E-state index in [1.807, 2.05) is 13.8 Å². The van der Waals surface area contributed by atoms with Gasteiger partial charge in [-0.2, -0.15) is 0 Å². The standard InChI is InChI=1S/C10H21N3O2/c1-7(2)5-8(10(11)15)13(4)9(14)6-12-3/h7-8,12H,5-6H2,1-4H3,(H2,11,15). The monoisotopic (exact) mass is 215 g/mol. The van der Waals surface area contributed by atoms with E-state index in [9.17, 15) is 9.59 Å². The Kier molecular flexibility index (Phi) is 5.93. The molecule has 1 unspecified atom stereocenters. The summed E-state index contributed by atoms with van der Waals surface area (Å²) >= 11 is 0. The van der Waals surface area contributed by atoms with Crippen molar-refractivity contribution in [3.8, 4) is 0 Å². The summed E-state index contributed by atoms with van der Waals surface area (Å²) in [6.07, 6.45) is 0.598. The Bertz CT molecular complexity index is 229. The largest absolute Gasteiger partial charge is 0.368 e. The number of nitrogens with two attached hydrogens (primary N) is 1. The Morgan fingerprint density at radius 1 is 1.40 bits per heavy atom. The highest BCUT2D eigenvalue weighted by Crippen LogP contribution is 2.09. The molecule has 0 aromatic carbocycles. The zero-order chi connectivity index (χ0) is 12.0. The van der Waals surface area contributed by atoms with Gasteiger partial charge in [0.15, 0.2) is 0 Å². The molecule has 5 nitrogen and oxygen atoms in total. The quantitative estimate of drug-likeness (QED) is 0.631. The van der Waals surface area contributed by atoms with Crippen LogP contribution in [0.15, 0.2) is 0 Å². The molecule has 0 aliphatic rings. The average molecular weight is 215 g/mol. The molecule has 0 rings (SSSR count). The van der Waals surface area contributed by atoms with E-state index in [4.69, 9.17) is 5.73 Å². The number of carbonyl (C=O) groups excluding carboxylic acids is 2. The first kappa shape index (κ1) is 13.9. The number of carbonyl (C=O) groups is 2. The molecule has 0 saturated heterocycles. The normalized spacial score (nSPS) is 12.6. The van der Waals surface area contributed by atoms with Gasteiger partial charge in [-0.25, -0.2) is 0 Å². The van der Waals surface area contributed by atoms with Crippen molar-refractivity contribution in [3.05, 3.63) is 0 Å². The van der Waals surface area contributed by atoms with Crippen molar-refractivity contribution in [2.24, 2.45) is 11.7 Å². The van der Waals surface area contributed by atoms with Crippen molar-refractivity contribution in [1.82, 2.24) is 10.2 Å². The summed E-state index contributed by atoms with van der Waals surface area (Å²) in [5, 5.41) is 2.75. The molecule has 0 aromatic rings. The van der Waals surface area contributed by atoms with Crippen LogP contribution in [0.1, 0.15) is 20.3 Å². The molecule has 5 heteroatoms. The van der Waals surface area contributed by atoms with Crippen molar-refractivity contribution in [3.63, 3.8) is 0 Å². The van der Waals surface area contributed by atoms with Crippen LogP contribution in [0.4, 0.5) is 0 Å². The van der Waals surface area contributed by atoms with Crippen LogP contribution in [0.3, 0.4) is 0 Å². The van der Waals surface area contributed by atoms with Crippen molar-refractivity contribution in [2.45, 2.75) is 26.3 Å². The van der Waals surface area contributed by atoms with Crippen molar-refractivity contribution < 1.29 is 9.59 Å². The molecule has 0 spiro atoms. The lowest BCUT2D eigenvalue weighted by molar-refractivity contribution is -0.137. The number of primary amides is 1. The minimum atomic E-state index is -0.508. The first-order chi connectivity index (χ1) is 6.90. The van der Waals surface area contributed by atoms with Gasteiger partial charge in [0.2, 0.25) is 11.8 Å². The fourth-order valence-corrected chi connectivity index (χ4v) is 1.36. The van der Waals surface area contributed by atoms with E-state index >= 15 is 0 Å². The second-order valence-corrected chi connectivity index (χ2v) is 4.08. The molecule has 3 N–H and O–H groups in total. The van der Waals surface area contributed by atoms with Gasteiger partial charge in [0.1, 0.15) is 6.04 Å². The van der Waals surface area contributed by atoms with Gasteiger partial charge in [-0.05, 0) is 19.4 Å². The highest BCUT2D eigenvalue weighted by molar-refractivity contribution is 5.87. The molecule has 0 radical (unpaired) electrons. The molecule has 0 aliphatic carbocycles. The molecule has 0 heterocycles. The van der Waals surface area contributed by atoms with Gasteiger partial charge >= 0.3 is 0 Å². The Labute approximate surface area is 91.0 Å². The maximum atomic E-state index is 11.5. The van der Waals surface area contributed by atoms with Gasteiger partial charge in [-0.15, -0.1) is 0 Å². The zero-order valence-electron chi connectivity index (χ0n) is 9.91.